The van der Waals surface area contributed by atoms with Crippen molar-refractivity contribution in [2.45, 2.75) is 30.6 Å². The number of nitrogens with zero attached hydrogens (tertiary/aromatic N) is 3. The van der Waals surface area contributed by atoms with Gasteiger partial charge >= 0.3 is 5.97 Å². The molecule has 1 amide bonds. The number of imidazole rings is 1. The van der Waals surface area contributed by atoms with Crippen molar-refractivity contribution in [3.63, 3.8) is 0 Å². The van der Waals surface area contributed by atoms with Crippen molar-refractivity contribution in [1.82, 2.24) is 14.5 Å². The van der Waals surface area contributed by atoms with Gasteiger partial charge in [0.15, 0.2) is 5.16 Å². The Kier molecular flexibility index (Phi) is 3.09. The van der Waals surface area contributed by atoms with Gasteiger partial charge in [0.2, 0.25) is 0 Å². The number of hydrogen-bond acceptors (Lipinski definition) is 4. The summed E-state index contributed by atoms with van der Waals surface area (Å²) in [7, 11) is 0. The molecule has 0 aliphatic carbocycles. The minimum Gasteiger partial charge on any atom is -0.477 e. The molecule has 1 aromatic carbocycles. The van der Waals surface area contributed by atoms with Gasteiger partial charge < -0.3 is 9.67 Å². The molecule has 1 N–H and O–H groups in total. The average molecular weight is 353 g/mol. The van der Waals surface area contributed by atoms with Crippen molar-refractivity contribution in [2.75, 3.05) is 5.75 Å². The molecule has 126 valence electrons. The van der Waals surface area contributed by atoms with Crippen molar-refractivity contribution in [3.8, 4) is 0 Å². The molecule has 3 aliphatic rings. The summed E-state index contributed by atoms with van der Waals surface area (Å²) in [5.74, 6) is -0.146. The van der Waals surface area contributed by atoms with E-state index in [0.29, 0.717) is 12.0 Å². The Labute approximate surface area is 147 Å². The Bertz CT molecular complexity index is 1000. The van der Waals surface area contributed by atoms with Crippen molar-refractivity contribution in [1.29, 1.82) is 0 Å². The van der Waals surface area contributed by atoms with E-state index in [9.17, 15) is 9.59 Å². The molecule has 7 heteroatoms. The van der Waals surface area contributed by atoms with Gasteiger partial charge in [0.1, 0.15) is 5.70 Å². The van der Waals surface area contributed by atoms with E-state index in [-0.39, 0.29) is 17.6 Å². The van der Waals surface area contributed by atoms with Gasteiger partial charge in [0, 0.05) is 17.9 Å². The van der Waals surface area contributed by atoms with Crippen molar-refractivity contribution in [2.24, 2.45) is 0 Å². The van der Waals surface area contributed by atoms with Crippen LogP contribution < -0.4 is 0 Å². The predicted molar refractivity (Wildman–Crippen MR) is 94.0 cm³/mol. The van der Waals surface area contributed by atoms with Gasteiger partial charge in [0.05, 0.1) is 17.1 Å². The molecule has 3 aliphatic heterocycles. The normalized spacial score (nSPS) is 23.4. The lowest BCUT2D eigenvalue weighted by atomic mass is 9.92. The van der Waals surface area contributed by atoms with Crippen molar-refractivity contribution in [3.05, 3.63) is 41.1 Å². The number of benzene rings is 1. The Morgan fingerprint density at radius 3 is 3.12 bits per heavy atom. The first-order chi connectivity index (χ1) is 12.1. The van der Waals surface area contributed by atoms with E-state index in [1.165, 1.54) is 4.90 Å². The maximum absolute atomic E-state index is 12.3. The largest absolute Gasteiger partial charge is 0.477 e. The Hall–Kier alpha value is -2.54. The summed E-state index contributed by atoms with van der Waals surface area (Å²) >= 11 is 1.78. The number of carbonyl (C=O) groups excluding carboxylic acids is 1. The molecule has 0 bridgehead atoms. The third kappa shape index (κ3) is 2.08. The molecule has 25 heavy (non-hydrogen) atoms. The summed E-state index contributed by atoms with van der Waals surface area (Å²) in [4.78, 5) is 29.5. The van der Waals surface area contributed by atoms with Crippen LogP contribution in [0.25, 0.3) is 17.1 Å². The van der Waals surface area contributed by atoms with Gasteiger partial charge in [-0.25, -0.2) is 9.78 Å². The third-order valence-corrected chi connectivity index (χ3v) is 6.03. The van der Waals surface area contributed by atoms with Gasteiger partial charge in [-0.3, -0.25) is 9.69 Å². The highest BCUT2D eigenvalue weighted by molar-refractivity contribution is 7.99. The van der Waals surface area contributed by atoms with Crippen LogP contribution in [-0.2, 0) is 16.1 Å². The predicted octanol–water partition coefficient (Wildman–Crippen LogP) is 2.50. The van der Waals surface area contributed by atoms with Gasteiger partial charge in [-0.2, -0.15) is 0 Å². The van der Waals surface area contributed by atoms with E-state index in [1.54, 1.807) is 17.8 Å². The van der Waals surface area contributed by atoms with E-state index >= 15 is 0 Å². The Morgan fingerprint density at radius 2 is 2.28 bits per heavy atom. The molecule has 1 atom stereocenters. The lowest BCUT2D eigenvalue weighted by Crippen LogP contribution is -2.52. The summed E-state index contributed by atoms with van der Waals surface area (Å²) in [6, 6.07) is 5.89. The van der Waals surface area contributed by atoms with Gasteiger partial charge in [-0.1, -0.05) is 23.9 Å². The molecule has 1 unspecified atom stereocenters. The lowest BCUT2D eigenvalue weighted by Gasteiger charge is -2.38. The molecule has 1 aromatic heterocycles. The number of aromatic nitrogens is 2. The van der Waals surface area contributed by atoms with Crippen LogP contribution in [0.4, 0.5) is 0 Å². The topological polar surface area (TPSA) is 75.4 Å². The average Bonchev–Trinajstić information content (AvgIpc) is 3.18. The van der Waals surface area contributed by atoms with E-state index in [2.05, 4.69) is 15.6 Å². The fraction of sp³-hybridized carbons (Fsp3) is 0.278. The number of aliphatic carboxylic acids is 1. The zero-order valence-electron chi connectivity index (χ0n) is 13.3. The molecule has 0 radical (unpaired) electrons. The highest BCUT2D eigenvalue weighted by Crippen LogP contribution is 2.39. The molecule has 5 rings (SSSR count). The molecule has 0 spiro atoms. The van der Waals surface area contributed by atoms with Crippen LogP contribution in [0, 0.1) is 0 Å². The summed E-state index contributed by atoms with van der Waals surface area (Å²) in [6.45, 7) is 0.972. The van der Waals surface area contributed by atoms with Crippen LogP contribution >= 0.6 is 11.8 Å². The molecule has 4 heterocycles. The van der Waals surface area contributed by atoms with Gasteiger partial charge in [0.25, 0.3) is 5.91 Å². The summed E-state index contributed by atoms with van der Waals surface area (Å²) in [5, 5.41) is 10.2. The first-order valence-corrected chi connectivity index (χ1v) is 9.24. The molecule has 1 saturated heterocycles. The number of thioether (sulfide) groups is 1. The van der Waals surface area contributed by atoms with Crippen LogP contribution in [-0.4, -0.2) is 43.2 Å². The monoisotopic (exact) mass is 353 g/mol. The Balaban J connectivity index is 1.50. The lowest BCUT2D eigenvalue weighted by molar-refractivity contribution is -0.142. The first-order valence-electron chi connectivity index (χ1n) is 8.25. The number of carboxylic acid groups (broad SMARTS) is 1. The zero-order chi connectivity index (χ0) is 17.1. The quantitative estimate of drug-likeness (QED) is 0.663. The SMILES string of the molecule is O=C(O)C1=CCC2/C(=C\c3ccc4nc5n(c4c3)CCCS5)C(=O)N12. The molecular weight excluding hydrogens is 338 g/mol. The second-order valence-electron chi connectivity index (χ2n) is 6.42. The van der Waals surface area contributed by atoms with Crippen LogP contribution in [0.3, 0.4) is 0 Å². The zero-order valence-corrected chi connectivity index (χ0v) is 14.1. The number of rotatable bonds is 2. The minimum atomic E-state index is -1.04. The molecule has 2 aromatic rings. The molecule has 6 nitrogen and oxygen atoms in total. The van der Waals surface area contributed by atoms with Crippen molar-refractivity contribution >= 4 is 40.7 Å². The smallest absolute Gasteiger partial charge is 0.352 e. The third-order valence-electron chi connectivity index (χ3n) is 4.97. The van der Waals surface area contributed by atoms with E-state index in [0.717, 1.165) is 40.5 Å². The summed E-state index contributed by atoms with van der Waals surface area (Å²) < 4.78 is 2.24. The molecule has 0 saturated carbocycles. The summed E-state index contributed by atoms with van der Waals surface area (Å²) in [6.07, 6.45) is 5.21. The summed E-state index contributed by atoms with van der Waals surface area (Å²) in [5.41, 5.74) is 3.81. The van der Waals surface area contributed by atoms with Crippen molar-refractivity contribution < 1.29 is 14.7 Å². The first kappa shape index (κ1) is 14.8. The number of β-lactam (4-membered cyclic amide) rings is 1. The number of carbonyl (C=O) groups is 2. The maximum Gasteiger partial charge on any atom is 0.352 e. The van der Waals surface area contributed by atoms with E-state index in [1.807, 2.05) is 18.2 Å². The highest BCUT2D eigenvalue weighted by atomic mass is 32.2. The van der Waals surface area contributed by atoms with Crippen LogP contribution in [0.15, 0.2) is 40.7 Å². The molecule has 1 fully saturated rings. The second kappa shape index (κ2) is 5.23. The number of carboxylic acids is 1. The molecular formula is C18H15N3O3S. The van der Waals surface area contributed by atoms with Crippen LogP contribution in [0.5, 0.6) is 0 Å². The maximum atomic E-state index is 12.3. The fourth-order valence-electron chi connectivity index (χ4n) is 3.78. The Morgan fingerprint density at radius 1 is 1.40 bits per heavy atom. The van der Waals surface area contributed by atoms with E-state index in [4.69, 9.17) is 5.11 Å². The van der Waals surface area contributed by atoms with E-state index < -0.39 is 5.97 Å². The standard InChI is InChI=1S/C18H15N3O3S/c22-16-11(13-4-5-14(17(23)24)21(13)16)8-10-2-3-12-15(9-10)20-6-1-7-25-18(20)19-12/h2-3,5,8-9,13H,1,4,6-7H2,(H,23,24)/b11-8+. The minimum absolute atomic E-state index is 0.101. The van der Waals surface area contributed by atoms with Crippen LogP contribution in [0.1, 0.15) is 18.4 Å². The highest BCUT2D eigenvalue weighted by Gasteiger charge is 2.48. The number of amides is 1. The number of fused-ring (bicyclic) bond motifs is 4. The second-order valence-corrected chi connectivity index (χ2v) is 7.48. The van der Waals surface area contributed by atoms with Gasteiger partial charge in [-0.05, 0) is 36.6 Å². The van der Waals surface area contributed by atoms with Crippen LogP contribution in [0.2, 0.25) is 0 Å². The number of hydrogen-bond donors (Lipinski definition) is 1. The van der Waals surface area contributed by atoms with Gasteiger partial charge in [-0.15, -0.1) is 0 Å². The number of aryl methyl sites for hydroxylation is 1. The fourth-order valence-corrected chi connectivity index (χ4v) is 4.74.